The number of ether oxygens (including phenoxy) is 2. The zero-order valence-corrected chi connectivity index (χ0v) is 17.0. The van der Waals surface area contributed by atoms with E-state index >= 15 is 0 Å². The molecule has 0 saturated heterocycles. The SMILES string of the molecule is COc1ccc(C(=O)N(Cc2ccccn2)c2ccc(Br)cc2)cc1OC(F)F. The van der Waals surface area contributed by atoms with Gasteiger partial charge in [0, 0.05) is 21.9 Å². The monoisotopic (exact) mass is 462 g/mol. The van der Waals surface area contributed by atoms with Crippen LogP contribution in [0.15, 0.2) is 71.3 Å². The van der Waals surface area contributed by atoms with Crippen molar-refractivity contribution in [1.29, 1.82) is 0 Å². The number of rotatable bonds is 7. The van der Waals surface area contributed by atoms with E-state index in [9.17, 15) is 13.6 Å². The molecule has 0 fully saturated rings. The van der Waals surface area contributed by atoms with Crippen LogP contribution in [0, 0.1) is 0 Å². The second-order valence-corrected chi connectivity index (χ2v) is 6.85. The summed E-state index contributed by atoms with van der Waals surface area (Å²) in [6.07, 6.45) is 1.64. The van der Waals surface area contributed by atoms with Crippen LogP contribution in [0.2, 0.25) is 0 Å². The molecule has 1 amide bonds. The van der Waals surface area contributed by atoms with E-state index in [2.05, 4.69) is 25.7 Å². The molecule has 3 aromatic rings. The van der Waals surface area contributed by atoms with Crippen LogP contribution in [0.3, 0.4) is 0 Å². The van der Waals surface area contributed by atoms with Crippen molar-refractivity contribution in [2.24, 2.45) is 0 Å². The highest BCUT2D eigenvalue weighted by atomic mass is 79.9. The Kier molecular flexibility index (Phi) is 6.77. The Morgan fingerprint density at radius 1 is 1.10 bits per heavy atom. The van der Waals surface area contributed by atoms with Gasteiger partial charge >= 0.3 is 6.61 Å². The second kappa shape index (κ2) is 9.47. The molecule has 0 radical (unpaired) electrons. The fraction of sp³-hybridized carbons (Fsp3) is 0.143. The highest BCUT2D eigenvalue weighted by molar-refractivity contribution is 9.10. The van der Waals surface area contributed by atoms with Gasteiger partial charge in [-0.1, -0.05) is 22.0 Å². The summed E-state index contributed by atoms with van der Waals surface area (Å²) in [6, 6.07) is 16.8. The molecule has 0 saturated carbocycles. The number of alkyl halides is 2. The maximum Gasteiger partial charge on any atom is 0.387 e. The van der Waals surface area contributed by atoms with Crippen molar-refractivity contribution in [3.05, 3.63) is 82.6 Å². The van der Waals surface area contributed by atoms with Gasteiger partial charge in [-0.05, 0) is 54.6 Å². The summed E-state index contributed by atoms with van der Waals surface area (Å²) in [4.78, 5) is 19.1. The Hall–Kier alpha value is -3.00. The third-order valence-electron chi connectivity index (χ3n) is 4.06. The maximum absolute atomic E-state index is 13.3. The second-order valence-electron chi connectivity index (χ2n) is 5.93. The van der Waals surface area contributed by atoms with Crippen molar-refractivity contribution in [2.75, 3.05) is 12.0 Å². The van der Waals surface area contributed by atoms with Gasteiger partial charge < -0.3 is 14.4 Å². The minimum Gasteiger partial charge on any atom is -0.493 e. The summed E-state index contributed by atoms with van der Waals surface area (Å²) in [6.45, 7) is -2.83. The number of aromatic nitrogens is 1. The molecular formula is C21H17BrF2N2O3. The van der Waals surface area contributed by atoms with Crippen LogP contribution in [0.5, 0.6) is 11.5 Å². The Balaban J connectivity index is 1.98. The summed E-state index contributed by atoms with van der Waals surface area (Å²) in [5.74, 6) is -0.483. The first-order valence-corrected chi connectivity index (χ1v) is 9.37. The number of hydrogen-bond donors (Lipinski definition) is 0. The number of benzene rings is 2. The van der Waals surface area contributed by atoms with E-state index in [-0.39, 0.29) is 29.5 Å². The van der Waals surface area contributed by atoms with Gasteiger partial charge in [-0.2, -0.15) is 8.78 Å². The highest BCUT2D eigenvalue weighted by Gasteiger charge is 2.21. The van der Waals surface area contributed by atoms with Gasteiger partial charge in [0.2, 0.25) is 0 Å². The van der Waals surface area contributed by atoms with E-state index in [4.69, 9.17) is 4.74 Å². The minimum absolute atomic E-state index is 0.113. The van der Waals surface area contributed by atoms with Crippen molar-refractivity contribution in [1.82, 2.24) is 4.98 Å². The van der Waals surface area contributed by atoms with E-state index in [1.807, 2.05) is 18.2 Å². The van der Waals surface area contributed by atoms with Crippen LogP contribution in [-0.2, 0) is 6.54 Å². The Bertz CT molecular complexity index is 969. The summed E-state index contributed by atoms with van der Waals surface area (Å²) in [5.41, 5.74) is 1.50. The molecule has 0 aliphatic rings. The molecular weight excluding hydrogens is 446 g/mol. The van der Waals surface area contributed by atoms with Crippen molar-refractivity contribution < 1.29 is 23.0 Å². The van der Waals surface area contributed by atoms with Crippen molar-refractivity contribution in [3.8, 4) is 11.5 Å². The number of methoxy groups -OCH3 is 1. The van der Waals surface area contributed by atoms with E-state index in [0.29, 0.717) is 11.4 Å². The maximum atomic E-state index is 13.3. The molecule has 0 atom stereocenters. The van der Waals surface area contributed by atoms with E-state index in [0.717, 1.165) is 4.47 Å². The van der Waals surface area contributed by atoms with Crippen LogP contribution in [-0.4, -0.2) is 24.6 Å². The van der Waals surface area contributed by atoms with Gasteiger partial charge in [0.05, 0.1) is 19.3 Å². The molecule has 0 aliphatic heterocycles. The number of carbonyl (C=O) groups is 1. The normalized spacial score (nSPS) is 10.7. The van der Waals surface area contributed by atoms with Crippen LogP contribution >= 0.6 is 15.9 Å². The van der Waals surface area contributed by atoms with Crippen LogP contribution in [0.25, 0.3) is 0 Å². The van der Waals surface area contributed by atoms with Gasteiger partial charge in [-0.3, -0.25) is 9.78 Å². The summed E-state index contributed by atoms with van der Waals surface area (Å²) < 4.78 is 35.9. The number of anilines is 1. The number of hydrogen-bond acceptors (Lipinski definition) is 4. The Morgan fingerprint density at radius 3 is 2.48 bits per heavy atom. The van der Waals surface area contributed by atoms with E-state index in [1.54, 1.807) is 30.5 Å². The topological polar surface area (TPSA) is 51.7 Å². The predicted octanol–water partition coefficient (Wildman–Crippen LogP) is 5.30. The lowest BCUT2D eigenvalue weighted by molar-refractivity contribution is -0.0512. The number of halogens is 3. The van der Waals surface area contributed by atoms with Crippen LogP contribution in [0.1, 0.15) is 16.1 Å². The first-order valence-electron chi connectivity index (χ1n) is 8.58. The molecule has 0 N–H and O–H groups in total. The van der Waals surface area contributed by atoms with Gasteiger partial charge in [0.1, 0.15) is 0 Å². The molecule has 3 rings (SSSR count). The molecule has 5 nitrogen and oxygen atoms in total. The van der Waals surface area contributed by atoms with Gasteiger partial charge in [0.25, 0.3) is 5.91 Å². The molecule has 1 heterocycles. The lowest BCUT2D eigenvalue weighted by atomic mass is 10.1. The summed E-state index contributed by atoms with van der Waals surface area (Å²) in [7, 11) is 1.34. The lowest BCUT2D eigenvalue weighted by Crippen LogP contribution is -2.30. The van der Waals surface area contributed by atoms with E-state index in [1.165, 1.54) is 30.2 Å². The number of amides is 1. The molecule has 29 heavy (non-hydrogen) atoms. The molecule has 2 aromatic carbocycles. The molecule has 0 spiro atoms. The molecule has 150 valence electrons. The number of pyridine rings is 1. The smallest absolute Gasteiger partial charge is 0.387 e. The number of carbonyl (C=O) groups excluding carboxylic acids is 1. The largest absolute Gasteiger partial charge is 0.493 e. The van der Waals surface area contributed by atoms with Gasteiger partial charge in [-0.15, -0.1) is 0 Å². The summed E-state index contributed by atoms with van der Waals surface area (Å²) >= 11 is 3.37. The fourth-order valence-corrected chi connectivity index (χ4v) is 2.97. The minimum atomic E-state index is -3.04. The van der Waals surface area contributed by atoms with Gasteiger partial charge in [0.15, 0.2) is 11.5 Å². The average Bonchev–Trinajstić information content (AvgIpc) is 2.72. The zero-order chi connectivity index (χ0) is 20.8. The van der Waals surface area contributed by atoms with Crippen molar-refractivity contribution in [2.45, 2.75) is 13.2 Å². The highest BCUT2D eigenvalue weighted by Crippen LogP contribution is 2.31. The third kappa shape index (κ3) is 5.29. The van der Waals surface area contributed by atoms with Crippen molar-refractivity contribution >= 4 is 27.5 Å². The Morgan fingerprint density at radius 2 is 1.86 bits per heavy atom. The number of nitrogens with zero attached hydrogens (tertiary/aromatic N) is 2. The first-order chi connectivity index (χ1) is 14.0. The Labute approximate surface area is 175 Å². The van der Waals surface area contributed by atoms with E-state index < -0.39 is 6.61 Å². The molecule has 0 bridgehead atoms. The standard InChI is InChI=1S/C21H17BrF2N2O3/c1-28-18-10-5-14(12-19(18)29-21(23)24)20(27)26(13-16-4-2-3-11-25-16)17-8-6-15(22)7-9-17/h2-12,21H,13H2,1H3. The average molecular weight is 463 g/mol. The van der Waals surface area contributed by atoms with Crippen molar-refractivity contribution in [3.63, 3.8) is 0 Å². The van der Waals surface area contributed by atoms with Crippen LogP contribution < -0.4 is 14.4 Å². The summed E-state index contributed by atoms with van der Waals surface area (Å²) in [5, 5.41) is 0. The predicted molar refractivity (Wildman–Crippen MR) is 109 cm³/mol. The molecule has 8 heteroatoms. The van der Waals surface area contributed by atoms with Gasteiger partial charge in [-0.25, -0.2) is 0 Å². The zero-order valence-electron chi connectivity index (χ0n) is 15.4. The first kappa shape index (κ1) is 20.7. The van der Waals surface area contributed by atoms with Crippen LogP contribution in [0.4, 0.5) is 14.5 Å². The lowest BCUT2D eigenvalue weighted by Gasteiger charge is -2.23. The molecule has 0 aliphatic carbocycles. The molecule has 0 unspecified atom stereocenters. The molecule has 1 aromatic heterocycles. The third-order valence-corrected chi connectivity index (χ3v) is 4.59. The quantitative estimate of drug-likeness (QED) is 0.477. The fourth-order valence-electron chi connectivity index (χ4n) is 2.71.